The molecular formula is C20H20ClN3O4. The van der Waals surface area contributed by atoms with Crippen LogP contribution in [-0.2, 0) is 4.79 Å². The molecule has 3 amide bonds. The van der Waals surface area contributed by atoms with Crippen LogP contribution >= 0.6 is 11.6 Å². The summed E-state index contributed by atoms with van der Waals surface area (Å²) in [6.07, 6.45) is 0. The lowest BCUT2D eigenvalue weighted by atomic mass is 9.95. The van der Waals surface area contributed by atoms with Gasteiger partial charge in [0.25, 0.3) is 5.91 Å². The zero-order valence-electron chi connectivity index (χ0n) is 15.6. The minimum absolute atomic E-state index is 0.378. The van der Waals surface area contributed by atoms with Crippen LogP contribution in [0.2, 0.25) is 5.02 Å². The number of urea groups is 1. The van der Waals surface area contributed by atoms with Gasteiger partial charge in [-0.25, -0.2) is 4.79 Å². The third-order valence-electron chi connectivity index (χ3n) is 4.37. The van der Waals surface area contributed by atoms with Gasteiger partial charge < -0.3 is 25.4 Å². The number of halogens is 1. The number of carbonyl (C=O) groups excluding carboxylic acids is 2. The Bertz CT molecular complexity index is 941. The highest BCUT2D eigenvalue weighted by molar-refractivity contribution is 6.30. The van der Waals surface area contributed by atoms with Crippen molar-refractivity contribution in [2.75, 3.05) is 19.5 Å². The van der Waals surface area contributed by atoms with Crippen LogP contribution in [0, 0.1) is 0 Å². The molecule has 146 valence electrons. The van der Waals surface area contributed by atoms with Gasteiger partial charge in [-0.1, -0.05) is 23.7 Å². The molecule has 0 fully saturated rings. The molecule has 3 rings (SSSR count). The third-order valence-corrected chi connectivity index (χ3v) is 4.62. The molecule has 2 aromatic carbocycles. The molecule has 1 atom stereocenters. The molecule has 1 aliphatic rings. The van der Waals surface area contributed by atoms with Crippen molar-refractivity contribution in [2.24, 2.45) is 0 Å². The van der Waals surface area contributed by atoms with Crippen molar-refractivity contribution in [3.8, 4) is 11.5 Å². The summed E-state index contributed by atoms with van der Waals surface area (Å²) < 4.78 is 10.5. The van der Waals surface area contributed by atoms with E-state index in [2.05, 4.69) is 16.0 Å². The predicted octanol–water partition coefficient (Wildman–Crippen LogP) is 3.62. The van der Waals surface area contributed by atoms with Crippen LogP contribution in [0.5, 0.6) is 11.5 Å². The summed E-state index contributed by atoms with van der Waals surface area (Å²) in [5, 5.41) is 8.84. The lowest BCUT2D eigenvalue weighted by Crippen LogP contribution is -2.45. The molecule has 0 saturated heterocycles. The molecule has 0 aromatic heterocycles. The first-order valence-corrected chi connectivity index (χ1v) is 8.88. The lowest BCUT2D eigenvalue weighted by Gasteiger charge is -2.29. The summed E-state index contributed by atoms with van der Waals surface area (Å²) in [7, 11) is 3.05. The molecule has 0 radical (unpaired) electrons. The van der Waals surface area contributed by atoms with Crippen molar-refractivity contribution >= 4 is 29.2 Å². The van der Waals surface area contributed by atoms with Crippen molar-refractivity contribution in [3.63, 3.8) is 0 Å². The third kappa shape index (κ3) is 4.04. The maximum atomic E-state index is 13.1. The number of benzene rings is 2. The zero-order chi connectivity index (χ0) is 20.3. The first kappa shape index (κ1) is 19.6. The number of anilines is 1. The van der Waals surface area contributed by atoms with E-state index in [1.807, 2.05) is 0 Å². The van der Waals surface area contributed by atoms with Gasteiger partial charge in [0.1, 0.15) is 11.5 Å². The number of rotatable bonds is 5. The summed E-state index contributed by atoms with van der Waals surface area (Å²) in [6, 6.07) is 11.1. The van der Waals surface area contributed by atoms with Crippen LogP contribution in [0.15, 0.2) is 53.7 Å². The Hall–Kier alpha value is -3.19. The molecule has 1 heterocycles. The van der Waals surface area contributed by atoms with E-state index in [9.17, 15) is 9.59 Å². The Labute approximate surface area is 167 Å². The second kappa shape index (κ2) is 8.22. The highest BCUT2D eigenvalue weighted by Crippen LogP contribution is 2.32. The van der Waals surface area contributed by atoms with Crippen molar-refractivity contribution in [1.29, 1.82) is 0 Å². The summed E-state index contributed by atoms with van der Waals surface area (Å²) in [5.41, 5.74) is 2.04. The SMILES string of the molecule is COc1ccc(OC)c(NC(=O)C2=C(C)NC(=O)N[C@H]2c2ccc(Cl)cc2)c1. The number of hydrogen-bond donors (Lipinski definition) is 3. The van der Waals surface area contributed by atoms with Gasteiger partial charge in [-0.2, -0.15) is 0 Å². The number of amides is 3. The van der Waals surface area contributed by atoms with Gasteiger partial charge in [0.05, 0.1) is 31.5 Å². The molecule has 0 spiro atoms. The van der Waals surface area contributed by atoms with Crippen LogP contribution in [0.3, 0.4) is 0 Å². The maximum absolute atomic E-state index is 13.1. The van der Waals surface area contributed by atoms with Crippen LogP contribution in [0.25, 0.3) is 0 Å². The van der Waals surface area contributed by atoms with E-state index in [1.54, 1.807) is 49.4 Å². The number of hydrogen-bond acceptors (Lipinski definition) is 4. The number of nitrogens with one attached hydrogen (secondary N) is 3. The monoisotopic (exact) mass is 401 g/mol. The topological polar surface area (TPSA) is 88.7 Å². The van der Waals surface area contributed by atoms with Gasteiger partial charge >= 0.3 is 6.03 Å². The Morgan fingerprint density at radius 2 is 1.82 bits per heavy atom. The maximum Gasteiger partial charge on any atom is 0.319 e. The molecule has 3 N–H and O–H groups in total. The van der Waals surface area contributed by atoms with Crippen molar-refractivity contribution in [2.45, 2.75) is 13.0 Å². The molecule has 1 aliphatic heterocycles. The van der Waals surface area contributed by atoms with Crippen LogP contribution < -0.4 is 25.4 Å². The van der Waals surface area contributed by atoms with Gasteiger partial charge in [0, 0.05) is 16.8 Å². The summed E-state index contributed by atoms with van der Waals surface area (Å²) in [4.78, 5) is 25.1. The summed E-state index contributed by atoms with van der Waals surface area (Å²) in [6.45, 7) is 1.68. The van der Waals surface area contributed by atoms with Gasteiger partial charge in [0.15, 0.2) is 0 Å². The van der Waals surface area contributed by atoms with Gasteiger partial charge in [-0.3, -0.25) is 4.79 Å². The molecule has 28 heavy (non-hydrogen) atoms. The zero-order valence-corrected chi connectivity index (χ0v) is 16.4. The highest BCUT2D eigenvalue weighted by atomic mass is 35.5. The van der Waals surface area contributed by atoms with Crippen LogP contribution in [0.4, 0.5) is 10.5 Å². The minimum Gasteiger partial charge on any atom is -0.497 e. The molecule has 7 nitrogen and oxygen atoms in total. The lowest BCUT2D eigenvalue weighted by molar-refractivity contribution is -0.113. The van der Waals surface area contributed by atoms with E-state index in [4.69, 9.17) is 21.1 Å². The fourth-order valence-corrected chi connectivity index (χ4v) is 3.13. The van der Waals surface area contributed by atoms with Crippen molar-refractivity contribution < 1.29 is 19.1 Å². The van der Waals surface area contributed by atoms with Gasteiger partial charge in [-0.15, -0.1) is 0 Å². The minimum atomic E-state index is -0.623. The number of allylic oxidation sites excluding steroid dienone is 1. The van der Waals surface area contributed by atoms with E-state index < -0.39 is 6.04 Å². The largest absolute Gasteiger partial charge is 0.497 e. The Morgan fingerprint density at radius 1 is 1.11 bits per heavy atom. The van der Waals surface area contributed by atoms with E-state index in [0.717, 1.165) is 5.56 Å². The summed E-state index contributed by atoms with van der Waals surface area (Å²) in [5.74, 6) is 0.686. The Kier molecular flexibility index (Phi) is 5.75. The molecule has 2 aromatic rings. The highest BCUT2D eigenvalue weighted by Gasteiger charge is 2.31. The van der Waals surface area contributed by atoms with E-state index >= 15 is 0 Å². The van der Waals surface area contributed by atoms with E-state index in [1.165, 1.54) is 14.2 Å². The molecular weight excluding hydrogens is 382 g/mol. The number of ether oxygens (including phenoxy) is 2. The first-order chi connectivity index (χ1) is 13.4. The van der Waals surface area contributed by atoms with Crippen LogP contribution in [-0.4, -0.2) is 26.2 Å². The van der Waals surface area contributed by atoms with Gasteiger partial charge in [-0.05, 0) is 36.8 Å². The number of carbonyl (C=O) groups is 2. The van der Waals surface area contributed by atoms with E-state index in [-0.39, 0.29) is 11.9 Å². The molecule has 0 aliphatic carbocycles. The normalized spacial score (nSPS) is 16.1. The summed E-state index contributed by atoms with van der Waals surface area (Å²) >= 11 is 5.96. The number of methoxy groups -OCH3 is 2. The quantitative estimate of drug-likeness (QED) is 0.713. The van der Waals surface area contributed by atoms with Crippen molar-refractivity contribution in [1.82, 2.24) is 10.6 Å². The smallest absolute Gasteiger partial charge is 0.319 e. The average Bonchev–Trinajstić information content (AvgIpc) is 2.67. The molecule has 0 bridgehead atoms. The second-order valence-corrected chi connectivity index (χ2v) is 6.58. The fourth-order valence-electron chi connectivity index (χ4n) is 3.00. The molecule has 0 saturated carbocycles. The Balaban J connectivity index is 1.97. The Morgan fingerprint density at radius 3 is 2.46 bits per heavy atom. The van der Waals surface area contributed by atoms with Crippen molar-refractivity contribution in [3.05, 3.63) is 64.3 Å². The standard InChI is InChI=1S/C20H20ClN3O4/c1-11-17(18(24-20(26)22-11)12-4-6-13(21)7-5-12)19(25)23-15-10-14(27-2)8-9-16(15)28-3/h4-10,18H,1-3H3,(H,23,25)(H2,22,24,26)/t18-/m0/s1. The average molecular weight is 402 g/mol. The van der Waals surface area contributed by atoms with E-state index in [0.29, 0.717) is 33.5 Å². The predicted molar refractivity (Wildman–Crippen MR) is 107 cm³/mol. The fraction of sp³-hybridized carbons (Fsp3) is 0.200. The molecule has 0 unspecified atom stereocenters. The second-order valence-electron chi connectivity index (χ2n) is 6.14. The first-order valence-electron chi connectivity index (χ1n) is 8.50. The van der Waals surface area contributed by atoms with Crippen LogP contribution in [0.1, 0.15) is 18.5 Å². The van der Waals surface area contributed by atoms with Gasteiger partial charge in [0.2, 0.25) is 0 Å². The molecule has 8 heteroatoms.